The zero-order valence-corrected chi connectivity index (χ0v) is 21.3. The summed E-state index contributed by atoms with van der Waals surface area (Å²) in [5, 5.41) is 19.1. The van der Waals surface area contributed by atoms with Crippen molar-refractivity contribution >= 4 is 19.6 Å². The Hall–Kier alpha value is -2.50. The fourth-order valence-electron chi connectivity index (χ4n) is 3.95. The van der Waals surface area contributed by atoms with Crippen molar-refractivity contribution in [2.24, 2.45) is 0 Å². The second-order valence-corrected chi connectivity index (χ2v) is 15.4. The van der Waals surface area contributed by atoms with Gasteiger partial charge in [0.25, 0.3) is 0 Å². The summed E-state index contributed by atoms with van der Waals surface area (Å²) in [5.41, 5.74) is 2.77. The maximum Gasteiger partial charge on any atom is 0.394 e. The van der Waals surface area contributed by atoms with Crippen LogP contribution < -0.4 is 15.0 Å². The average Bonchev–Trinajstić information content (AvgIpc) is 3.18. The molecule has 10 nitrogen and oxygen atoms in total. The molecule has 1 aliphatic rings. The highest BCUT2D eigenvalue weighted by Gasteiger charge is 2.25. The Morgan fingerprint density at radius 3 is 2.67 bits per heavy atom. The number of anilines is 1. The maximum absolute atomic E-state index is 11.5. The molecule has 1 fully saturated rings. The predicted molar refractivity (Wildman–Crippen MR) is 131 cm³/mol. The number of rotatable bonds is 11. The molecule has 0 aliphatic carbocycles. The first-order chi connectivity index (χ1) is 15.7. The minimum Gasteiger partial charge on any atom is -0.480 e. The zero-order chi connectivity index (χ0) is 24.0. The number of nitrogens with one attached hydrogen (secondary N) is 1. The van der Waals surface area contributed by atoms with Gasteiger partial charge in [0.15, 0.2) is 6.73 Å². The average molecular weight is 477 g/mol. The van der Waals surface area contributed by atoms with Gasteiger partial charge in [0, 0.05) is 46.6 Å². The van der Waals surface area contributed by atoms with Crippen LogP contribution in [-0.2, 0) is 18.0 Å². The summed E-state index contributed by atoms with van der Waals surface area (Å²) in [6, 6.07) is 3.32. The summed E-state index contributed by atoms with van der Waals surface area (Å²) in [4.78, 5) is 17.7. The van der Waals surface area contributed by atoms with Gasteiger partial charge in [-0.25, -0.2) is 4.98 Å². The van der Waals surface area contributed by atoms with Crippen LogP contribution in [-0.4, -0.2) is 60.6 Å². The molecule has 1 N–H and O–H groups in total. The van der Waals surface area contributed by atoms with E-state index in [1.165, 1.54) is 4.68 Å². The third kappa shape index (κ3) is 6.99. The van der Waals surface area contributed by atoms with Gasteiger partial charge in [-0.1, -0.05) is 19.6 Å². The maximum atomic E-state index is 11.5. The van der Waals surface area contributed by atoms with Crippen LogP contribution in [0.1, 0.15) is 24.0 Å². The van der Waals surface area contributed by atoms with E-state index in [9.17, 15) is 10.1 Å². The van der Waals surface area contributed by atoms with Crippen LogP contribution in [0, 0.1) is 17.0 Å². The largest absolute Gasteiger partial charge is 0.480 e. The highest BCUT2D eigenvalue weighted by atomic mass is 28.3. The van der Waals surface area contributed by atoms with E-state index in [1.807, 2.05) is 6.07 Å². The Bertz CT molecular complexity index is 937. The summed E-state index contributed by atoms with van der Waals surface area (Å²) >= 11 is 0. The smallest absolute Gasteiger partial charge is 0.394 e. The van der Waals surface area contributed by atoms with E-state index in [1.54, 1.807) is 19.5 Å². The van der Waals surface area contributed by atoms with E-state index in [4.69, 9.17) is 9.47 Å². The Morgan fingerprint density at radius 1 is 1.30 bits per heavy atom. The molecule has 11 heteroatoms. The van der Waals surface area contributed by atoms with Gasteiger partial charge in [-0.2, -0.15) is 4.68 Å². The SMILES string of the molecule is COc1nccc(C)c1N1CCC(NCc2cn(COCC[Si](C)(C)C)nc2[N+](=O)[O-])CC1. The molecule has 1 aliphatic heterocycles. The Morgan fingerprint density at radius 2 is 2.03 bits per heavy atom. The lowest BCUT2D eigenvalue weighted by molar-refractivity contribution is -0.390. The van der Waals surface area contributed by atoms with Crippen LogP contribution in [0.4, 0.5) is 11.5 Å². The second-order valence-electron chi connectivity index (χ2n) is 9.75. The quantitative estimate of drug-likeness (QED) is 0.227. The molecule has 2 aromatic heterocycles. The highest BCUT2D eigenvalue weighted by molar-refractivity contribution is 6.76. The number of nitrogens with zero attached hydrogens (tertiary/aromatic N) is 5. The van der Waals surface area contributed by atoms with E-state index in [2.05, 4.69) is 46.9 Å². The summed E-state index contributed by atoms with van der Waals surface area (Å²) in [7, 11) is 0.470. The van der Waals surface area contributed by atoms with Crippen LogP contribution in [0.2, 0.25) is 25.7 Å². The minimum absolute atomic E-state index is 0.107. The molecule has 0 spiro atoms. The number of nitro groups is 1. The Labute approximate surface area is 196 Å². The van der Waals surface area contributed by atoms with Crippen molar-refractivity contribution in [3.63, 3.8) is 0 Å². The summed E-state index contributed by atoms with van der Waals surface area (Å²) in [5.74, 6) is 0.543. The van der Waals surface area contributed by atoms with Gasteiger partial charge in [0.2, 0.25) is 5.88 Å². The molecule has 0 aromatic carbocycles. The number of aryl methyl sites for hydroxylation is 1. The molecule has 182 valence electrons. The van der Waals surface area contributed by atoms with Crippen molar-refractivity contribution in [3.8, 4) is 5.88 Å². The molecular weight excluding hydrogens is 440 g/mol. The number of hydrogen-bond donors (Lipinski definition) is 1. The van der Waals surface area contributed by atoms with Gasteiger partial charge in [0.05, 0.1) is 24.0 Å². The van der Waals surface area contributed by atoms with E-state index < -0.39 is 13.0 Å². The number of piperidine rings is 1. The van der Waals surface area contributed by atoms with Gasteiger partial charge >= 0.3 is 5.82 Å². The van der Waals surface area contributed by atoms with Gasteiger partial charge in [-0.05, 0) is 42.4 Å². The van der Waals surface area contributed by atoms with Crippen LogP contribution in [0.25, 0.3) is 0 Å². The monoisotopic (exact) mass is 476 g/mol. The standard InChI is InChI=1S/C22H36N6O4Si/c1-17-6-9-23-22(31-2)20(17)26-10-7-19(8-11-26)24-14-18-15-27(25-21(18)28(29)30)16-32-12-13-33(3,4)5/h6,9,15,19,24H,7-8,10-14,16H2,1-5H3. The lowest BCUT2D eigenvalue weighted by Crippen LogP contribution is -2.42. The second kappa shape index (κ2) is 11.1. The fourth-order valence-corrected chi connectivity index (χ4v) is 4.71. The predicted octanol–water partition coefficient (Wildman–Crippen LogP) is 3.57. The van der Waals surface area contributed by atoms with Gasteiger partial charge in [0.1, 0.15) is 5.69 Å². The Kier molecular flexibility index (Phi) is 8.44. The molecule has 0 atom stereocenters. The van der Waals surface area contributed by atoms with E-state index >= 15 is 0 Å². The van der Waals surface area contributed by atoms with Crippen LogP contribution in [0.5, 0.6) is 5.88 Å². The zero-order valence-electron chi connectivity index (χ0n) is 20.3. The van der Waals surface area contributed by atoms with Crippen molar-refractivity contribution in [1.82, 2.24) is 20.1 Å². The molecule has 0 saturated carbocycles. The topological polar surface area (TPSA) is 108 Å². The van der Waals surface area contributed by atoms with Crippen molar-refractivity contribution in [2.45, 2.75) is 64.8 Å². The van der Waals surface area contributed by atoms with Crippen LogP contribution in [0.3, 0.4) is 0 Å². The number of methoxy groups -OCH3 is 1. The van der Waals surface area contributed by atoms with Crippen LogP contribution >= 0.6 is 0 Å². The third-order valence-electron chi connectivity index (χ3n) is 5.89. The molecule has 0 amide bonds. The number of pyridine rings is 1. The fraction of sp³-hybridized carbons (Fsp3) is 0.636. The van der Waals surface area contributed by atoms with E-state index in [0.29, 0.717) is 24.6 Å². The third-order valence-corrected chi connectivity index (χ3v) is 7.59. The molecule has 0 radical (unpaired) electrons. The Balaban J connectivity index is 1.53. The highest BCUT2D eigenvalue weighted by Crippen LogP contribution is 2.31. The van der Waals surface area contributed by atoms with Crippen molar-refractivity contribution < 1.29 is 14.4 Å². The molecule has 33 heavy (non-hydrogen) atoms. The van der Waals surface area contributed by atoms with Crippen molar-refractivity contribution in [3.05, 3.63) is 39.7 Å². The van der Waals surface area contributed by atoms with E-state index in [0.717, 1.165) is 43.2 Å². The van der Waals surface area contributed by atoms with Gasteiger partial charge < -0.3 is 29.8 Å². The first-order valence-electron chi connectivity index (χ1n) is 11.4. The summed E-state index contributed by atoms with van der Waals surface area (Å²) in [6.07, 6.45) is 5.34. The van der Waals surface area contributed by atoms with Gasteiger partial charge in [-0.3, -0.25) is 0 Å². The lowest BCUT2D eigenvalue weighted by Gasteiger charge is -2.35. The molecule has 2 aromatic rings. The molecule has 3 rings (SSSR count). The molecule has 0 bridgehead atoms. The minimum atomic E-state index is -1.17. The molecular formula is C22H36N6O4Si. The molecule has 0 unspecified atom stereocenters. The van der Waals surface area contributed by atoms with E-state index in [-0.39, 0.29) is 18.6 Å². The number of ether oxygens (including phenoxy) is 2. The summed E-state index contributed by atoms with van der Waals surface area (Å²) < 4.78 is 12.7. The first-order valence-corrected chi connectivity index (χ1v) is 15.1. The normalized spacial score (nSPS) is 15.1. The molecule has 3 heterocycles. The lowest BCUT2D eigenvalue weighted by atomic mass is 10.0. The van der Waals surface area contributed by atoms with Gasteiger partial charge in [-0.15, -0.1) is 0 Å². The number of hydrogen-bond acceptors (Lipinski definition) is 8. The number of aromatic nitrogens is 3. The molecule has 1 saturated heterocycles. The van der Waals surface area contributed by atoms with Crippen molar-refractivity contribution in [2.75, 3.05) is 31.7 Å². The van der Waals surface area contributed by atoms with Crippen molar-refractivity contribution in [1.29, 1.82) is 0 Å². The summed E-state index contributed by atoms with van der Waals surface area (Å²) in [6.45, 7) is 12.0. The van der Waals surface area contributed by atoms with Crippen LogP contribution in [0.15, 0.2) is 18.5 Å². The first kappa shape index (κ1) is 25.1.